The SMILES string of the molecule is CN1C[C@H]2CC[C@@H](C1)[C@H]2OCc1cccnc1. The average Bonchev–Trinajstić information content (AvgIpc) is 2.59. The minimum atomic E-state index is 0.478. The van der Waals surface area contributed by atoms with Crippen molar-refractivity contribution in [2.45, 2.75) is 25.6 Å². The van der Waals surface area contributed by atoms with Gasteiger partial charge in [-0.3, -0.25) is 4.98 Å². The molecular weight excluding hydrogens is 212 g/mol. The Morgan fingerprint density at radius 3 is 2.76 bits per heavy atom. The molecule has 3 rings (SSSR count). The predicted molar refractivity (Wildman–Crippen MR) is 66.5 cm³/mol. The molecule has 2 bridgehead atoms. The van der Waals surface area contributed by atoms with Crippen LogP contribution in [0.2, 0.25) is 0 Å². The van der Waals surface area contributed by atoms with Gasteiger partial charge in [-0.25, -0.2) is 0 Å². The molecule has 0 amide bonds. The Bertz CT molecular complexity index is 354. The number of aromatic nitrogens is 1. The number of piperidine rings is 1. The van der Waals surface area contributed by atoms with E-state index >= 15 is 0 Å². The van der Waals surface area contributed by atoms with Gasteiger partial charge in [0.2, 0.25) is 0 Å². The van der Waals surface area contributed by atoms with E-state index in [1.54, 1.807) is 0 Å². The van der Waals surface area contributed by atoms with Gasteiger partial charge in [0.25, 0.3) is 0 Å². The number of ether oxygens (including phenoxy) is 1. The van der Waals surface area contributed by atoms with Crippen molar-refractivity contribution in [3.05, 3.63) is 30.1 Å². The molecule has 1 saturated carbocycles. The number of hydrogen-bond acceptors (Lipinski definition) is 3. The summed E-state index contributed by atoms with van der Waals surface area (Å²) in [5, 5.41) is 0. The lowest BCUT2D eigenvalue weighted by Gasteiger charge is -2.35. The van der Waals surface area contributed by atoms with Gasteiger partial charge >= 0.3 is 0 Å². The molecule has 2 fully saturated rings. The van der Waals surface area contributed by atoms with Gasteiger partial charge in [-0.1, -0.05) is 6.07 Å². The first-order valence-corrected chi connectivity index (χ1v) is 6.52. The van der Waals surface area contributed by atoms with E-state index in [4.69, 9.17) is 4.74 Å². The number of fused-ring (bicyclic) bond motifs is 2. The Morgan fingerprint density at radius 2 is 2.12 bits per heavy atom. The van der Waals surface area contributed by atoms with Gasteiger partial charge in [0.15, 0.2) is 0 Å². The van der Waals surface area contributed by atoms with E-state index in [0.29, 0.717) is 6.10 Å². The van der Waals surface area contributed by atoms with Crippen LogP contribution in [0.4, 0.5) is 0 Å². The summed E-state index contributed by atoms with van der Waals surface area (Å²) in [7, 11) is 2.22. The molecule has 1 saturated heterocycles. The molecule has 3 heteroatoms. The third-order valence-electron chi connectivity index (χ3n) is 4.10. The van der Waals surface area contributed by atoms with E-state index < -0.39 is 0 Å². The van der Waals surface area contributed by atoms with Crippen molar-refractivity contribution >= 4 is 0 Å². The lowest BCUT2D eigenvalue weighted by molar-refractivity contribution is -0.0460. The van der Waals surface area contributed by atoms with E-state index in [2.05, 4.69) is 23.0 Å². The largest absolute Gasteiger partial charge is 0.373 e. The lowest BCUT2D eigenvalue weighted by atomic mass is 9.95. The summed E-state index contributed by atoms with van der Waals surface area (Å²) >= 11 is 0. The summed E-state index contributed by atoms with van der Waals surface area (Å²) < 4.78 is 6.14. The van der Waals surface area contributed by atoms with Crippen molar-refractivity contribution in [1.29, 1.82) is 0 Å². The molecule has 2 heterocycles. The molecule has 1 aliphatic heterocycles. The smallest absolute Gasteiger partial charge is 0.0735 e. The minimum absolute atomic E-state index is 0.478. The lowest BCUT2D eigenvalue weighted by Crippen LogP contribution is -2.43. The van der Waals surface area contributed by atoms with Gasteiger partial charge in [-0.2, -0.15) is 0 Å². The molecular formula is C14H20N2O. The topological polar surface area (TPSA) is 25.4 Å². The molecule has 92 valence electrons. The fourth-order valence-electron chi connectivity index (χ4n) is 3.36. The maximum atomic E-state index is 6.14. The molecule has 0 N–H and O–H groups in total. The quantitative estimate of drug-likeness (QED) is 0.796. The Kier molecular flexibility index (Phi) is 3.12. The zero-order chi connectivity index (χ0) is 11.7. The molecule has 1 aromatic heterocycles. The van der Waals surface area contributed by atoms with Gasteiger partial charge in [0.05, 0.1) is 12.7 Å². The normalized spacial score (nSPS) is 32.9. The second-order valence-electron chi connectivity index (χ2n) is 5.46. The molecule has 1 aromatic rings. The van der Waals surface area contributed by atoms with Crippen LogP contribution >= 0.6 is 0 Å². The van der Waals surface area contributed by atoms with Crippen LogP contribution in [-0.4, -0.2) is 36.1 Å². The van der Waals surface area contributed by atoms with Crippen molar-refractivity contribution in [3.8, 4) is 0 Å². The van der Waals surface area contributed by atoms with Gasteiger partial charge in [0.1, 0.15) is 0 Å². The molecule has 0 unspecified atom stereocenters. The molecule has 0 aromatic carbocycles. The molecule has 2 aliphatic rings. The van der Waals surface area contributed by atoms with E-state index in [1.165, 1.54) is 31.5 Å². The van der Waals surface area contributed by atoms with Crippen molar-refractivity contribution in [3.63, 3.8) is 0 Å². The minimum Gasteiger partial charge on any atom is -0.373 e. The fraction of sp³-hybridized carbons (Fsp3) is 0.643. The molecule has 0 radical (unpaired) electrons. The third kappa shape index (κ3) is 2.35. The zero-order valence-corrected chi connectivity index (χ0v) is 10.4. The van der Waals surface area contributed by atoms with Gasteiger partial charge < -0.3 is 9.64 Å². The molecule has 0 spiro atoms. The fourth-order valence-corrected chi connectivity index (χ4v) is 3.36. The summed E-state index contributed by atoms with van der Waals surface area (Å²) in [6, 6.07) is 4.06. The van der Waals surface area contributed by atoms with Crippen LogP contribution in [0.1, 0.15) is 18.4 Å². The Morgan fingerprint density at radius 1 is 1.35 bits per heavy atom. The standard InChI is InChI=1S/C14H20N2O/c1-16-8-12-4-5-13(9-16)14(12)17-10-11-3-2-6-15-7-11/h2-3,6-7,12-14H,4-5,8-10H2,1H3/t12-,13+,14+. The number of hydrogen-bond donors (Lipinski definition) is 0. The van der Waals surface area contributed by atoms with Crippen LogP contribution in [0, 0.1) is 11.8 Å². The van der Waals surface area contributed by atoms with Crippen LogP contribution < -0.4 is 0 Å². The van der Waals surface area contributed by atoms with Crippen LogP contribution in [0.15, 0.2) is 24.5 Å². The summed E-state index contributed by atoms with van der Waals surface area (Å²) in [6.45, 7) is 3.12. The highest BCUT2D eigenvalue weighted by molar-refractivity contribution is 5.07. The maximum Gasteiger partial charge on any atom is 0.0735 e. The number of nitrogens with zero attached hydrogens (tertiary/aromatic N) is 2. The van der Waals surface area contributed by atoms with E-state index in [1.807, 2.05) is 18.5 Å². The highest BCUT2D eigenvalue weighted by Gasteiger charge is 2.41. The zero-order valence-electron chi connectivity index (χ0n) is 10.4. The van der Waals surface area contributed by atoms with Crippen molar-refractivity contribution < 1.29 is 4.74 Å². The summed E-state index contributed by atoms with van der Waals surface area (Å²) in [6.07, 6.45) is 6.87. The van der Waals surface area contributed by atoms with Crippen LogP contribution in [0.5, 0.6) is 0 Å². The summed E-state index contributed by atoms with van der Waals surface area (Å²) in [4.78, 5) is 6.58. The van der Waals surface area contributed by atoms with Crippen molar-refractivity contribution in [2.75, 3.05) is 20.1 Å². The van der Waals surface area contributed by atoms with E-state index in [-0.39, 0.29) is 0 Å². The van der Waals surface area contributed by atoms with Crippen LogP contribution in [0.25, 0.3) is 0 Å². The molecule has 17 heavy (non-hydrogen) atoms. The second kappa shape index (κ2) is 4.75. The van der Waals surface area contributed by atoms with Gasteiger partial charge in [-0.15, -0.1) is 0 Å². The first-order chi connectivity index (χ1) is 8.33. The Hall–Kier alpha value is -0.930. The summed E-state index contributed by atoms with van der Waals surface area (Å²) in [5.41, 5.74) is 1.19. The Labute approximate surface area is 103 Å². The highest BCUT2D eigenvalue weighted by atomic mass is 16.5. The van der Waals surface area contributed by atoms with Crippen molar-refractivity contribution in [1.82, 2.24) is 9.88 Å². The van der Waals surface area contributed by atoms with Gasteiger partial charge in [-0.05, 0) is 43.4 Å². The average molecular weight is 232 g/mol. The molecule has 1 aliphatic carbocycles. The Balaban J connectivity index is 1.60. The van der Waals surface area contributed by atoms with E-state index in [9.17, 15) is 0 Å². The van der Waals surface area contributed by atoms with Crippen LogP contribution in [0.3, 0.4) is 0 Å². The molecule has 3 atom stereocenters. The van der Waals surface area contributed by atoms with Gasteiger partial charge in [0, 0.05) is 25.5 Å². The summed E-state index contributed by atoms with van der Waals surface area (Å²) in [5.74, 6) is 1.49. The second-order valence-corrected chi connectivity index (χ2v) is 5.46. The number of pyridine rings is 1. The number of likely N-dealkylation sites (tertiary alicyclic amines) is 1. The molecule has 3 nitrogen and oxygen atoms in total. The highest BCUT2D eigenvalue weighted by Crippen LogP contribution is 2.38. The first-order valence-electron chi connectivity index (χ1n) is 6.52. The monoisotopic (exact) mass is 232 g/mol. The predicted octanol–water partition coefficient (Wildman–Crippen LogP) is 1.94. The maximum absolute atomic E-state index is 6.14. The number of rotatable bonds is 3. The third-order valence-corrected chi connectivity index (χ3v) is 4.10. The van der Waals surface area contributed by atoms with Crippen LogP contribution in [-0.2, 0) is 11.3 Å². The van der Waals surface area contributed by atoms with E-state index in [0.717, 1.165) is 18.4 Å². The first kappa shape index (κ1) is 11.2. The van der Waals surface area contributed by atoms with Crippen molar-refractivity contribution in [2.24, 2.45) is 11.8 Å².